The van der Waals surface area contributed by atoms with E-state index in [4.69, 9.17) is 0 Å². The van der Waals surface area contributed by atoms with Crippen molar-refractivity contribution in [3.05, 3.63) is 39.4 Å². The van der Waals surface area contributed by atoms with Gasteiger partial charge in [0.25, 0.3) is 5.69 Å². The molecule has 90 valence electrons. The fraction of sp³-hybridized carbons (Fsp3) is 0.417. The van der Waals surface area contributed by atoms with Crippen molar-refractivity contribution in [3.8, 4) is 0 Å². The Morgan fingerprint density at radius 1 is 1.59 bits per heavy atom. The summed E-state index contributed by atoms with van der Waals surface area (Å²) in [7, 11) is 0. The molecule has 1 aliphatic carbocycles. The van der Waals surface area contributed by atoms with Crippen LogP contribution < -0.4 is 5.32 Å². The first-order chi connectivity index (χ1) is 8.11. The van der Waals surface area contributed by atoms with E-state index >= 15 is 0 Å². The maximum absolute atomic E-state index is 11.3. The molecule has 0 saturated carbocycles. The lowest BCUT2D eigenvalue weighted by atomic mass is 10.1. The molecule has 5 heteroatoms. The number of non-ortho nitro benzene ring substituents is 1. The Balaban J connectivity index is 2.21. The second kappa shape index (κ2) is 4.53. The van der Waals surface area contributed by atoms with E-state index in [2.05, 4.69) is 5.32 Å². The summed E-state index contributed by atoms with van der Waals surface area (Å²) in [5, 5.41) is 13.6. The van der Waals surface area contributed by atoms with Crippen molar-refractivity contribution in [3.63, 3.8) is 0 Å². The van der Waals surface area contributed by atoms with Gasteiger partial charge in [-0.3, -0.25) is 14.9 Å². The number of rotatable bonds is 3. The highest BCUT2D eigenvalue weighted by Gasteiger charge is 2.25. The van der Waals surface area contributed by atoms with Gasteiger partial charge in [0.15, 0.2) is 0 Å². The summed E-state index contributed by atoms with van der Waals surface area (Å²) in [4.78, 5) is 21.6. The predicted octanol–water partition coefficient (Wildman–Crippen LogP) is 2.11. The molecule has 1 aromatic rings. The Morgan fingerprint density at radius 3 is 3.00 bits per heavy atom. The molecule has 0 spiro atoms. The van der Waals surface area contributed by atoms with Crippen LogP contribution in [0.3, 0.4) is 0 Å². The SMILES string of the molecule is CCC(=O)NC1CCc2cc([N+](=O)[O-])ccc21. The minimum Gasteiger partial charge on any atom is -0.349 e. The number of carbonyl (C=O) groups is 1. The monoisotopic (exact) mass is 234 g/mol. The molecule has 2 rings (SSSR count). The van der Waals surface area contributed by atoms with Gasteiger partial charge < -0.3 is 5.32 Å². The van der Waals surface area contributed by atoms with E-state index in [0.717, 1.165) is 24.0 Å². The normalized spacial score (nSPS) is 17.6. The number of fused-ring (bicyclic) bond motifs is 1. The lowest BCUT2D eigenvalue weighted by Crippen LogP contribution is -2.26. The van der Waals surface area contributed by atoms with Gasteiger partial charge in [-0.15, -0.1) is 0 Å². The summed E-state index contributed by atoms with van der Waals surface area (Å²) in [5.41, 5.74) is 2.10. The largest absolute Gasteiger partial charge is 0.349 e. The van der Waals surface area contributed by atoms with Gasteiger partial charge in [0.05, 0.1) is 11.0 Å². The van der Waals surface area contributed by atoms with Crippen molar-refractivity contribution < 1.29 is 9.72 Å². The van der Waals surface area contributed by atoms with Gasteiger partial charge in [0, 0.05) is 18.6 Å². The third-order valence-electron chi connectivity index (χ3n) is 3.07. The highest BCUT2D eigenvalue weighted by Crippen LogP contribution is 2.33. The fourth-order valence-electron chi connectivity index (χ4n) is 2.16. The van der Waals surface area contributed by atoms with Crippen LogP contribution in [-0.2, 0) is 11.2 Å². The zero-order valence-corrected chi connectivity index (χ0v) is 9.60. The minimum atomic E-state index is -0.391. The first kappa shape index (κ1) is 11.6. The Bertz CT molecular complexity index is 471. The molecule has 1 aromatic carbocycles. The molecule has 17 heavy (non-hydrogen) atoms. The number of benzene rings is 1. The molecule has 1 amide bonds. The van der Waals surface area contributed by atoms with Crippen LogP contribution in [0, 0.1) is 10.1 Å². The average Bonchev–Trinajstić information content (AvgIpc) is 2.71. The number of aryl methyl sites for hydroxylation is 1. The molecule has 1 N–H and O–H groups in total. The second-order valence-corrected chi connectivity index (χ2v) is 4.15. The number of nitrogens with one attached hydrogen (secondary N) is 1. The number of carbonyl (C=O) groups excluding carboxylic acids is 1. The van der Waals surface area contributed by atoms with Gasteiger partial charge in [0.1, 0.15) is 0 Å². The van der Waals surface area contributed by atoms with Gasteiger partial charge >= 0.3 is 0 Å². The standard InChI is InChI=1S/C12H14N2O3/c1-2-12(15)13-11-6-3-8-7-9(14(16)17)4-5-10(8)11/h4-5,7,11H,2-3,6H2,1H3,(H,13,15). The molecule has 1 unspecified atom stereocenters. The summed E-state index contributed by atoms with van der Waals surface area (Å²) < 4.78 is 0. The zero-order valence-electron chi connectivity index (χ0n) is 9.60. The Hall–Kier alpha value is -1.91. The number of nitro benzene ring substituents is 1. The number of hydrogen-bond acceptors (Lipinski definition) is 3. The van der Waals surface area contributed by atoms with Crippen molar-refractivity contribution in [2.24, 2.45) is 0 Å². The molecule has 0 heterocycles. The smallest absolute Gasteiger partial charge is 0.269 e. The van der Waals surface area contributed by atoms with Crippen molar-refractivity contribution >= 4 is 11.6 Å². The van der Waals surface area contributed by atoms with Crippen LogP contribution in [0.15, 0.2) is 18.2 Å². The Kier molecular flexibility index (Phi) is 3.08. The van der Waals surface area contributed by atoms with Gasteiger partial charge in [-0.2, -0.15) is 0 Å². The van der Waals surface area contributed by atoms with Crippen molar-refractivity contribution in [1.82, 2.24) is 5.32 Å². The van der Waals surface area contributed by atoms with E-state index in [1.165, 1.54) is 6.07 Å². The van der Waals surface area contributed by atoms with E-state index in [-0.39, 0.29) is 17.6 Å². The average molecular weight is 234 g/mol. The Morgan fingerprint density at radius 2 is 2.35 bits per heavy atom. The topological polar surface area (TPSA) is 72.2 Å². The highest BCUT2D eigenvalue weighted by atomic mass is 16.6. The van der Waals surface area contributed by atoms with E-state index in [0.29, 0.717) is 6.42 Å². The first-order valence-corrected chi connectivity index (χ1v) is 5.68. The van der Waals surface area contributed by atoms with Crippen molar-refractivity contribution in [2.45, 2.75) is 32.2 Å². The van der Waals surface area contributed by atoms with Crippen LogP contribution in [0.4, 0.5) is 5.69 Å². The fourth-order valence-corrected chi connectivity index (χ4v) is 2.16. The number of nitrogens with zero attached hydrogens (tertiary/aromatic N) is 1. The molecule has 0 aromatic heterocycles. The van der Waals surface area contributed by atoms with Crippen LogP contribution in [0.1, 0.15) is 36.9 Å². The maximum atomic E-state index is 11.3. The van der Waals surface area contributed by atoms with Gasteiger partial charge in [-0.05, 0) is 30.0 Å². The first-order valence-electron chi connectivity index (χ1n) is 5.68. The molecule has 0 fully saturated rings. The van der Waals surface area contributed by atoms with Crippen LogP contribution in [-0.4, -0.2) is 10.8 Å². The molecule has 1 atom stereocenters. The molecule has 1 aliphatic rings. The quantitative estimate of drug-likeness (QED) is 0.643. The second-order valence-electron chi connectivity index (χ2n) is 4.15. The zero-order chi connectivity index (χ0) is 12.4. The lowest BCUT2D eigenvalue weighted by molar-refractivity contribution is -0.384. The van der Waals surface area contributed by atoms with Crippen LogP contribution in [0.2, 0.25) is 0 Å². The number of hydrogen-bond donors (Lipinski definition) is 1. The Labute approximate surface area is 99.0 Å². The molecule has 0 saturated heterocycles. The predicted molar refractivity (Wildman–Crippen MR) is 62.6 cm³/mol. The van der Waals surface area contributed by atoms with E-state index in [1.807, 2.05) is 0 Å². The summed E-state index contributed by atoms with van der Waals surface area (Å²) in [5.74, 6) is 0.0150. The third kappa shape index (κ3) is 2.27. The lowest BCUT2D eigenvalue weighted by Gasteiger charge is -2.13. The molecule has 5 nitrogen and oxygen atoms in total. The van der Waals surface area contributed by atoms with Gasteiger partial charge in [-0.25, -0.2) is 0 Å². The molecular weight excluding hydrogens is 220 g/mol. The van der Waals surface area contributed by atoms with E-state index in [1.54, 1.807) is 19.1 Å². The molecular formula is C12H14N2O3. The molecule has 0 aliphatic heterocycles. The highest BCUT2D eigenvalue weighted by molar-refractivity contribution is 5.76. The maximum Gasteiger partial charge on any atom is 0.269 e. The van der Waals surface area contributed by atoms with Crippen LogP contribution in [0.5, 0.6) is 0 Å². The van der Waals surface area contributed by atoms with Crippen molar-refractivity contribution in [2.75, 3.05) is 0 Å². The van der Waals surface area contributed by atoms with Gasteiger partial charge in [-0.1, -0.05) is 6.92 Å². The van der Waals surface area contributed by atoms with E-state index in [9.17, 15) is 14.9 Å². The summed E-state index contributed by atoms with van der Waals surface area (Å²) in [6, 6.07) is 4.86. The van der Waals surface area contributed by atoms with E-state index < -0.39 is 4.92 Å². The van der Waals surface area contributed by atoms with Crippen LogP contribution in [0.25, 0.3) is 0 Å². The molecule has 0 bridgehead atoms. The number of nitro groups is 1. The molecule has 0 radical (unpaired) electrons. The number of amides is 1. The summed E-state index contributed by atoms with van der Waals surface area (Å²) in [6.45, 7) is 1.81. The minimum absolute atomic E-state index is 0.0123. The van der Waals surface area contributed by atoms with Crippen LogP contribution >= 0.6 is 0 Å². The summed E-state index contributed by atoms with van der Waals surface area (Å²) in [6.07, 6.45) is 2.06. The third-order valence-corrected chi connectivity index (χ3v) is 3.07. The van der Waals surface area contributed by atoms with Crippen molar-refractivity contribution in [1.29, 1.82) is 0 Å². The summed E-state index contributed by atoms with van der Waals surface area (Å²) >= 11 is 0. The van der Waals surface area contributed by atoms with Gasteiger partial charge in [0.2, 0.25) is 5.91 Å².